The van der Waals surface area contributed by atoms with Gasteiger partial charge in [0.2, 0.25) is 5.95 Å². The highest BCUT2D eigenvalue weighted by Crippen LogP contribution is 2.23. The van der Waals surface area contributed by atoms with Crippen LogP contribution in [0.4, 0.5) is 11.4 Å². The van der Waals surface area contributed by atoms with Crippen molar-refractivity contribution in [2.75, 3.05) is 5.32 Å². The number of carbonyl (C=O) groups is 1. The fraction of sp³-hybridized carbons (Fsp3) is 0.176. The van der Waals surface area contributed by atoms with Crippen molar-refractivity contribution in [2.45, 2.75) is 20.8 Å². The summed E-state index contributed by atoms with van der Waals surface area (Å²) in [4.78, 5) is 35.4. The van der Waals surface area contributed by atoms with E-state index in [0.29, 0.717) is 11.6 Å². The van der Waals surface area contributed by atoms with Gasteiger partial charge in [0.25, 0.3) is 11.6 Å². The second-order valence-electron chi connectivity index (χ2n) is 5.81. The number of aryl methyl sites for hydroxylation is 2. The van der Waals surface area contributed by atoms with Gasteiger partial charge in [0.05, 0.1) is 39.3 Å². The van der Waals surface area contributed by atoms with Crippen LogP contribution in [-0.2, 0) is 0 Å². The van der Waals surface area contributed by atoms with Crippen LogP contribution in [-0.4, -0.2) is 30.3 Å². The van der Waals surface area contributed by atoms with Crippen LogP contribution in [0.25, 0.3) is 5.95 Å². The second kappa shape index (κ2) is 7.12. The van der Waals surface area contributed by atoms with Crippen molar-refractivity contribution in [3.8, 4) is 5.95 Å². The average molecular weight is 387 g/mol. The Hall–Kier alpha value is -3.33. The van der Waals surface area contributed by atoms with Crippen LogP contribution < -0.4 is 5.32 Å². The van der Waals surface area contributed by atoms with E-state index in [-0.39, 0.29) is 16.3 Å². The molecule has 0 aliphatic rings. The first-order valence-electron chi connectivity index (χ1n) is 7.88. The molecule has 1 amide bonds. The Morgan fingerprint density at radius 2 is 1.89 bits per heavy atom. The number of carbonyl (C=O) groups excluding carboxylic acids is 1. The molecule has 0 aliphatic carbocycles. The van der Waals surface area contributed by atoms with Crippen molar-refractivity contribution in [3.05, 3.63) is 68.5 Å². The monoisotopic (exact) mass is 386 g/mol. The standard InChI is InChI=1S/C17H15ClN6O3/c1-9-10(2)23(11(3)21-9)17-19-7-12(8-20-17)22-16(25)14-5-4-13(24(26)27)6-15(14)18/h4-8H,1-3H3,(H,22,25). The fourth-order valence-electron chi connectivity index (χ4n) is 2.57. The molecule has 0 atom stereocenters. The van der Waals surface area contributed by atoms with Crippen LogP contribution in [0.1, 0.15) is 27.6 Å². The van der Waals surface area contributed by atoms with E-state index >= 15 is 0 Å². The van der Waals surface area contributed by atoms with E-state index < -0.39 is 10.8 Å². The number of amides is 1. The van der Waals surface area contributed by atoms with Gasteiger partial charge in [-0.15, -0.1) is 0 Å². The summed E-state index contributed by atoms with van der Waals surface area (Å²) < 4.78 is 1.81. The third-order valence-electron chi connectivity index (χ3n) is 4.02. The molecule has 2 heterocycles. The molecule has 3 aromatic rings. The number of benzene rings is 1. The van der Waals surface area contributed by atoms with Crippen LogP contribution in [0.5, 0.6) is 0 Å². The zero-order chi connectivity index (χ0) is 19.7. The number of nitro groups is 1. The minimum atomic E-state index is -0.581. The van der Waals surface area contributed by atoms with Gasteiger partial charge < -0.3 is 5.32 Å². The lowest BCUT2D eigenvalue weighted by Gasteiger charge is -2.09. The summed E-state index contributed by atoms with van der Waals surface area (Å²) in [7, 11) is 0. The smallest absolute Gasteiger partial charge is 0.270 e. The molecule has 0 aliphatic heterocycles. The van der Waals surface area contributed by atoms with E-state index in [1.807, 2.05) is 25.3 Å². The molecular weight excluding hydrogens is 372 g/mol. The minimum absolute atomic E-state index is 0.0145. The van der Waals surface area contributed by atoms with Crippen molar-refractivity contribution >= 4 is 28.9 Å². The molecule has 0 bridgehead atoms. The Labute approximate surface area is 159 Å². The lowest BCUT2D eigenvalue weighted by molar-refractivity contribution is -0.384. The Balaban J connectivity index is 1.80. The van der Waals surface area contributed by atoms with E-state index in [1.54, 1.807) is 0 Å². The molecule has 27 heavy (non-hydrogen) atoms. The van der Waals surface area contributed by atoms with Gasteiger partial charge in [-0.2, -0.15) is 0 Å². The van der Waals surface area contributed by atoms with Gasteiger partial charge in [-0.05, 0) is 26.8 Å². The van der Waals surface area contributed by atoms with Gasteiger partial charge in [-0.25, -0.2) is 15.0 Å². The number of nitro benzene ring substituents is 1. The number of hydrogen-bond donors (Lipinski definition) is 1. The van der Waals surface area contributed by atoms with E-state index in [2.05, 4.69) is 20.3 Å². The Morgan fingerprint density at radius 3 is 2.41 bits per heavy atom. The van der Waals surface area contributed by atoms with Crippen LogP contribution in [0.3, 0.4) is 0 Å². The quantitative estimate of drug-likeness (QED) is 0.542. The maximum atomic E-state index is 12.3. The molecule has 0 unspecified atom stereocenters. The number of nitrogens with zero attached hydrogens (tertiary/aromatic N) is 5. The normalized spacial score (nSPS) is 10.7. The van der Waals surface area contributed by atoms with Crippen molar-refractivity contribution < 1.29 is 9.72 Å². The molecule has 1 aromatic carbocycles. The van der Waals surface area contributed by atoms with Crippen LogP contribution in [0.2, 0.25) is 5.02 Å². The molecule has 0 spiro atoms. The van der Waals surface area contributed by atoms with Crippen molar-refractivity contribution in [1.29, 1.82) is 0 Å². The summed E-state index contributed by atoms with van der Waals surface area (Å²) in [6.45, 7) is 5.68. The molecule has 0 saturated carbocycles. The van der Waals surface area contributed by atoms with Crippen LogP contribution in [0, 0.1) is 30.9 Å². The van der Waals surface area contributed by atoms with Gasteiger partial charge in [0.1, 0.15) is 5.82 Å². The minimum Gasteiger partial charge on any atom is -0.319 e. The number of nitrogens with one attached hydrogen (secondary N) is 1. The van der Waals surface area contributed by atoms with Crippen LogP contribution in [0.15, 0.2) is 30.6 Å². The van der Waals surface area contributed by atoms with E-state index in [4.69, 9.17) is 11.6 Å². The number of hydrogen-bond acceptors (Lipinski definition) is 6. The Kier molecular flexibility index (Phi) is 4.87. The molecular formula is C17H15ClN6O3. The zero-order valence-corrected chi connectivity index (χ0v) is 15.5. The van der Waals surface area contributed by atoms with Crippen molar-refractivity contribution in [3.63, 3.8) is 0 Å². The highest BCUT2D eigenvalue weighted by atomic mass is 35.5. The van der Waals surface area contributed by atoms with Crippen molar-refractivity contribution in [2.24, 2.45) is 0 Å². The van der Waals surface area contributed by atoms with E-state index in [9.17, 15) is 14.9 Å². The topological polar surface area (TPSA) is 116 Å². The second-order valence-corrected chi connectivity index (χ2v) is 6.22. The van der Waals surface area contributed by atoms with Crippen molar-refractivity contribution in [1.82, 2.24) is 19.5 Å². The Bertz CT molecular complexity index is 1050. The Morgan fingerprint density at radius 1 is 1.22 bits per heavy atom. The first kappa shape index (κ1) is 18.5. The molecule has 2 aromatic heterocycles. The molecule has 3 rings (SSSR count). The summed E-state index contributed by atoms with van der Waals surface area (Å²) >= 11 is 5.97. The van der Waals surface area contributed by atoms with Gasteiger partial charge >= 0.3 is 0 Å². The summed E-state index contributed by atoms with van der Waals surface area (Å²) in [6, 6.07) is 3.64. The van der Waals surface area contributed by atoms with Crippen LogP contribution >= 0.6 is 11.6 Å². The predicted octanol–water partition coefficient (Wildman–Crippen LogP) is 3.40. The van der Waals surface area contributed by atoms with Gasteiger partial charge in [-0.3, -0.25) is 19.5 Å². The molecule has 0 saturated heterocycles. The number of imidazole rings is 1. The number of non-ortho nitro benzene ring substituents is 1. The summed E-state index contributed by atoms with van der Waals surface area (Å²) in [5, 5.41) is 13.4. The largest absolute Gasteiger partial charge is 0.319 e. The SMILES string of the molecule is Cc1nc(C)n(-c2ncc(NC(=O)c3ccc([N+](=O)[O-])cc3Cl)cn2)c1C. The highest BCUT2D eigenvalue weighted by Gasteiger charge is 2.16. The predicted molar refractivity (Wildman–Crippen MR) is 99.4 cm³/mol. The van der Waals surface area contributed by atoms with E-state index in [0.717, 1.165) is 23.3 Å². The number of aromatic nitrogens is 4. The van der Waals surface area contributed by atoms with Gasteiger partial charge in [-0.1, -0.05) is 11.6 Å². The third kappa shape index (κ3) is 3.63. The number of anilines is 1. The molecule has 138 valence electrons. The molecule has 10 heteroatoms. The maximum absolute atomic E-state index is 12.3. The lowest BCUT2D eigenvalue weighted by atomic mass is 10.2. The first-order valence-corrected chi connectivity index (χ1v) is 8.26. The fourth-order valence-corrected chi connectivity index (χ4v) is 2.83. The first-order chi connectivity index (χ1) is 12.8. The third-order valence-corrected chi connectivity index (χ3v) is 4.33. The van der Waals surface area contributed by atoms with Gasteiger partial charge in [0.15, 0.2) is 0 Å². The lowest BCUT2D eigenvalue weighted by Crippen LogP contribution is -2.14. The molecule has 9 nitrogen and oxygen atoms in total. The molecule has 0 radical (unpaired) electrons. The number of rotatable bonds is 4. The molecule has 1 N–H and O–H groups in total. The average Bonchev–Trinajstić information content (AvgIpc) is 2.87. The zero-order valence-electron chi connectivity index (χ0n) is 14.7. The molecule has 0 fully saturated rings. The maximum Gasteiger partial charge on any atom is 0.270 e. The summed E-state index contributed by atoms with van der Waals surface area (Å²) in [5.74, 6) is 0.688. The van der Waals surface area contributed by atoms with E-state index in [1.165, 1.54) is 24.5 Å². The highest BCUT2D eigenvalue weighted by molar-refractivity contribution is 6.34. The summed E-state index contributed by atoms with van der Waals surface area (Å²) in [5.41, 5.74) is 2.11. The van der Waals surface area contributed by atoms with Gasteiger partial charge in [0, 0.05) is 17.8 Å². The number of halogens is 1. The summed E-state index contributed by atoms with van der Waals surface area (Å²) in [6.07, 6.45) is 2.93.